The highest BCUT2D eigenvalue weighted by molar-refractivity contribution is 5.82. The SMILES string of the molecule is CC(C)CNC(=O)CN1CCOc2ccc(N)cc21. The summed E-state index contributed by atoms with van der Waals surface area (Å²) in [7, 11) is 0. The van der Waals surface area contributed by atoms with E-state index < -0.39 is 0 Å². The van der Waals surface area contributed by atoms with E-state index in [0.717, 1.165) is 11.4 Å². The first-order chi connectivity index (χ1) is 9.06. The second kappa shape index (κ2) is 5.82. The summed E-state index contributed by atoms with van der Waals surface area (Å²) in [5.41, 5.74) is 7.36. The number of amides is 1. The van der Waals surface area contributed by atoms with E-state index in [2.05, 4.69) is 19.2 Å². The van der Waals surface area contributed by atoms with Gasteiger partial charge < -0.3 is 20.7 Å². The fourth-order valence-corrected chi connectivity index (χ4v) is 2.00. The van der Waals surface area contributed by atoms with Crippen molar-refractivity contribution in [2.75, 3.05) is 36.9 Å². The molecule has 5 nitrogen and oxygen atoms in total. The summed E-state index contributed by atoms with van der Waals surface area (Å²) in [5, 5.41) is 2.92. The number of benzene rings is 1. The Morgan fingerprint density at radius 3 is 3.05 bits per heavy atom. The lowest BCUT2D eigenvalue weighted by atomic mass is 10.2. The molecule has 0 aromatic heterocycles. The molecule has 5 heteroatoms. The average Bonchev–Trinajstić information content (AvgIpc) is 2.37. The molecule has 0 fully saturated rings. The Morgan fingerprint density at radius 1 is 1.53 bits per heavy atom. The lowest BCUT2D eigenvalue weighted by Gasteiger charge is -2.31. The quantitative estimate of drug-likeness (QED) is 0.802. The highest BCUT2D eigenvalue weighted by Crippen LogP contribution is 2.32. The third-order valence-corrected chi connectivity index (χ3v) is 2.98. The Kier molecular flexibility index (Phi) is 4.14. The number of carbonyl (C=O) groups excluding carboxylic acids is 1. The van der Waals surface area contributed by atoms with E-state index in [4.69, 9.17) is 10.5 Å². The van der Waals surface area contributed by atoms with Crippen LogP contribution in [0.15, 0.2) is 18.2 Å². The Balaban J connectivity index is 2.03. The average molecular weight is 263 g/mol. The van der Waals surface area contributed by atoms with Gasteiger partial charge in [-0.15, -0.1) is 0 Å². The fourth-order valence-electron chi connectivity index (χ4n) is 2.00. The first-order valence-corrected chi connectivity index (χ1v) is 6.60. The van der Waals surface area contributed by atoms with Crippen LogP contribution in [0.1, 0.15) is 13.8 Å². The van der Waals surface area contributed by atoms with Crippen LogP contribution in [0.5, 0.6) is 5.75 Å². The molecule has 1 heterocycles. The predicted octanol–water partition coefficient (Wildman–Crippen LogP) is 1.24. The third kappa shape index (κ3) is 3.53. The van der Waals surface area contributed by atoms with Crippen molar-refractivity contribution >= 4 is 17.3 Å². The molecule has 0 unspecified atom stereocenters. The van der Waals surface area contributed by atoms with Crippen LogP contribution < -0.4 is 20.7 Å². The van der Waals surface area contributed by atoms with Crippen LogP contribution in [-0.4, -0.2) is 32.1 Å². The predicted molar refractivity (Wildman–Crippen MR) is 76.4 cm³/mol. The maximum atomic E-state index is 11.9. The van der Waals surface area contributed by atoms with Crippen molar-refractivity contribution in [2.24, 2.45) is 5.92 Å². The molecule has 2 rings (SSSR count). The van der Waals surface area contributed by atoms with E-state index in [1.807, 2.05) is 17.0 Å². The zero-order valence-electron chi connectivity index (χ0n) is 11.5. The van der Waals surface area contributed by atoms with E-state index in [1.54, 1.807) is 6.07 Å². The van der Waals surface area contributed by atoms with Crippen molar-refractivity contribution in [3.05, 3.63) is 18.2 Å². The second-order valence-corrected chi connectivity index (χ2v) is 5.20. The molecule has 3 N–H and O–H groups in total. The molecule has 1 amide bonds. The number of nitrogen functional groups attached to an aromatic ring is 1. The summed E-state index contributed by atoms with van der Waals surface area (Å²) in [6.45, 7) is 6.48. The molecule has 1 aliphatic heterocycles. The molecular formula is C14H21N3O2. The van der Waals surface area contributed by atoms with Gasteiger partial charge in [0.2, 0.25) is 5.91 Å². The number of nitrogens with two attached hydrogens (primary N) is 1. The summed E-state index contributed by atoms with van der Waals surface area (Å²) in [6.07, 6.45) is 0. The number of nitrogens with zero attached hydrogens (tertiary/aromatic N) is 1. The zero-order valence-corrected chi connectivity index (χ0v) is 11.5. The van der Waals surface area contributed by atoms with Gasteiger partial charge in [-0.3, -0.25) is 4.79 Å². The van der Waals surface area contributed by atoms with E-state index in [0.29, 0.717) is 37.8 Å². The molecule has 1 aliphatic rings. The largest absolute Gasteiger partial charge is 0.490 e. The number of hydrogen-bond acceptors (Lipinski definition) is 4. The van der Waals surface area contributed by atoms with Crippen LogP contribution in [0.4, 0.5) is 11.4 Å². The Hall–Kier alpha value is -1.91. The molecule has 0 bridgehead atoms. The number of fused-ring (bicyclic) bond motifs is 1. The first-order valence-electron chi connectivity index (χ1n) is 6.60. The smallest absolute Gasteiger partial charge is 0.239 e. The van der Waals surface area contributed by atoms with Crippen LogP contribution >= 0.6 is 0 Å². The van der Waals surface area contributed by atoms with Crippen LogP contribution in [0, 0.1) is 5.92 Å². The van der Waals surface area contributed by atoms with Gasteiger partial charge in [-0.05, 0) is 24.1 Å². The molecule has 104 valence electrons. The number of rotatable bonds is 4. The van der Waals surface area contributed by atoms with Crippen molar-refractivity contribution in [3.8, 4) is 5.75 Å². The van der Waals surface area contributed by atoms with Crippen molar-refractivity contribution in [1.82, 2.24) is 5.32 Å². The van der Waals surface area contributed by atoms with Crippen molar-refractivity contribution in [3.63, 3.8) is 0 Å². The fraction of sp³-hybridized carbons (Fsp3) is 0.500. The summed E-state index contributed by atoms with van der Waals surface area (Å²) in [6, 6.07) is 5.51. The van der Waals surface area contributed by atoms with E-state index in [1.165, 1.54) is 0 Å². The topological polar surface area (TPSA) is 67.6 Å². The van der Waals surface area contributed by atoms with E-state index in [-0.39, 0.29) is 5.91 Å². The van der Waals surface area contributed by atoms with Gasteiger partial charge in [-0.2, -0.15) is 0 Å². The standard InChI is InChI=1S/C14H21N3O2/c1-10(2)8-16-14(18)9-17-5-6-19-13-4-3-11(15)7-12(13)17/h3-4,7,10H,5-6,8-9,15H2,1-2H3,(H,16,18). The van der Waals surface area contributed by atoms with Crippen molar-refractivity contribution in [2.45, 2.75) is 13.8 Å². The lowest BCUT2D eigenvalue weighted by molar-refractivity contribution is -0.119. The zero-order chi connectivity index (χ0) is 13.8. The minimum atomic E-state index is 0.0315. The summed E-state index contributed by atoms with van der Waals surface area (Å²) in [5.74, 6) is 1.28. The first kappa shape index (κ1) is 13.5. The van der Waals surface area contributed by atoms with Crippen molar-refractivity contribution < 1.29 is 9.53 Å². The molecule has 1 aromatic rings. The van der Waals surface area contributed by atoms with Gasteiger partial charge in [-0.1, -0.05) is 13.8 Å². The molecule has 1 aromatic carbocycles. The molecular weight excluding hydrogens is 242 g/mol. The minimum absolute atomic E-state index is 0.0315. The summed E-state index contributed by atoms with van der Waals surface area (Å²) < 4.78 is 5.56. The number of hydrogen-bond donors (Lipinski definition) is 2. The number of nitrogens with one attached hydrogen (secondary N) is 1. The van der Waals surface area contributed by atoms with Crippen molar-refractivity contribution in [1.29, 1.82) is 0 Å². The number of carbonyl (C=O) groups is 1. The molecule has 0 saturated heterocycles. The van der Waals surface area contributed by atoms with Crippen LogP contribution in [-0.2, 0) is 4.79 Å². The van der Waals surface area contributed by atoms with Crippen LogP contribution in [0.3, 0.4) is 0 Å². The molecule has 0 radical (unpaired) electrons. The molecule has 0 atom stereocenters. The summed E-state index contributed by atoms with van der Waals surface area (Å²) >= 11 is 0. The van der Waals surface area contributed by atoms with Gasteiger partial charge in [0.15, 0.2) is 0 Å². The minimum Gasteiger partial charge on any atom is -0.490 e. The van der Waals surface area contributed by atoms with Gasteiger partial charge in [0.1, 0.15) is 12.4 Å². The monoisotopic (exact) mass is 263 g/mol. The maximum Gasteiger partial charge on any atom is 0.239 e. The van der Waals surface area contributed by atoms with Crippen LogP contribution in [0.2, 0.25) is 0 Å². The van der Waals surface area contributed by atoms with Gasteiger partial charge in [0.05, 0.1) is 18.8 Å². The Bertz CT molecular complexity index is 460. The maximum absolute atomic E-state index is 11.9. The molecule has 0 saturated carbocycles. The Morgan fingerprint density at radius 2 is 2.32 bits per heavy atom. The molecule has 0 aliphatic carbocycles. The van der Waals surface area contributed by atoms with Gasteiger partial charge in [0.25, 0.3) is 0 Å². The van der Waals surface area contributed by atoms with Gasteiger partial charge >= 0.3 is 0 Å². The molecule has 19 heavy (non-hydrogen) atoms. The van der Waals surface area contributed by atoms with Gasteiger partial charge in [-0.25, -0.2) is 0 Å². The third-order valence-electron chi connectivity index (χ3n) is 2.98. The second-order valence-electron chi connectivity index (χ2n) is 5.20. The molecule has 0 spiro atoms. The van der Waals surface area contributed by atoms with E-state index >= 15 is 0 Å². The number of anilines is 2. The van der Waals surface area contributed by atoms with E-state index in [9.17, 15) is 4.79 Å². The summed E-state index contributed by atoms with van der Waals surface area (Å²) in [4.78, 5) is 13.9. The van der Waals surface area contributed by atoms with Crippen LogP contribution in [0.25, 0.3) is 0 Å². The Labute approximate surface area is 113 Å². The number of ether oxygens (including phenoxy) is 1. The normalized spacial score (nSPS) is 13.9. The van der Waals surface area contributed by atoms with Gasteiger partial charge in [0, 0.05) is 12.2 Å². The highest BCUT2D eigenvalue weighted by Gasteiger charge is 2.20. The highest BCUT2D eigenvalue weighted by atomic mass is 16.5. The lowest BCUT2D eigenvalue weighted by Crippen LogP contribution is -2.42.